The first-order valence-electron chi connectivity index (χ1n) is 8.36. The third-order valence-electron chi connectivity index (χ3n) is 3.75. The molecule has 0 saturated heterocycles. The maximum absolute atomic E-state index is 5.81. The second-order valence-corrected chi connectivity index (χ2v) is 6.91. The maximum Gasteiger partial charge on any atom is 0.231 e. The van der Waals surface area contributed by atoms with Crippen molar-refractivity contribution in [3.05, 3.63) is 51.2 Å². The average molecular weight is 568 g/mol. The summed E-state index contributed by atoms with van der Waals surface area (Å²) in [5.74, 6) is 2.26. The van der Waals surface area contributed by atoms with Crippen LogP contribution in [0.5, 0.6) is 11.5 Å². The van der Waals surface area contributed by atoms with E-state index in [1.54, 1.807) is 12.3 Å². The molecule has 0 saturated carbocycles. The Morgan fingerprint density at radius 1 is 1.26 bits per heavy atom. The third-order valence-corrected chi connectivity index (χ3v) is 4.56. The quantitative estimate of drug-likeness (QED) is 0.238. The van der Waals surface area contributed by atoms with Gasteiger partial charge >= 0.3 is 0 Å². The first-order valence-corrected chi connectivity index (χ1v) is 9.53. The Hall–Kier alpha value is -1.26. The van der Waals surface area contributed by atoms with E-state index >= 15 is 0 Å². The van der Waals surface area contributed by atoms with Crippen LogP contribution in [-0.4, -0.2) is 30.8 Å². The van der Waals surface area contributed by atoms with E-state index in [9.17, 15) is 0 Å². The molecule has 2 N–H and O–H groups in total. The van der Waals surface area contributed by atoms with Gasteiger partial charge in [0.15, 0.2) is 17.5 Å². The number of nitrogens with zero attached hydrogens (tertiary/aromatic N) is 2. The number of guanidine groups is 1. The molecule has 1 aromatic heterocycles. The summed E-state index contributed by atoms with van der Waals surface area (Å²) in [4.78, 5) is 8.73. The van der Waals surface area contributed by atoms with E-state index in [0.29, 0.717) is 11.7 Å². The molecule has 0 amide bonds. The molecule has 0 bridgehead atoms. The maximum atomic E-state index is 5.81. The van der Waals surface area contributed by atoms with Crippen LogP contribution in [0.15, 0.2) is 39.9 Å². The zero-order chi connectivity index (χ0) is 18.4. The van der Waals surface area contributed by atoms with Gasteiger partial charge in [0, 0.05) is 19.3 Å². The average Bonchev–Trinajstić information content (AvgIpc) is 3.10. The highest BCUT2D eigenvalue weighted by atomic mass is 127. The van der Waals surface area contributed by atoms with Crippen molar-refractivity contribution in [2.75, 3.05) is 19.9 Å². The lowest BCUT2D eigenvalue weighted by atomic mass is 10.2. The summed E-state index contributed by atoms with van der Waals surface area (Å²) in [5, 5.41) is 7.09. The number of benzene rings is 1. The zero-order valence-electron chi connectivity index (χ0n) is 14.8. The normalized spacial score (nSPS) is 12.5. The van der Waals surface area contributed by atoms with Gasteiger partial charge in [-0.05, 0) is 58.6 Å². The molecule has 3 rings (SSSR count). The number of hydrogen-bond donors (Lipinski definition) is 2. The van der Waals surface area contributed by atoms with Crippen molar-refractivity contribution in [3.63, 3.8) is 0 Å². The molecule has 1 aromatic carbocycles. The van der Waals surface area contributed by atoms with Crippen LogP contribution in [0, 0.1) is 0 Å². The Bertz CT molecular complexity index is 790. The molecule has 1 aliphatic heterocycles. The second-order valence-electron chi connectivity index (χ2n) is 5.67. The number of aromatic nitrogens is 1. The fraction of sp³-hybridized carbons (Fsp3) is 0.333. The topological polar surface area (TPSA) is 67.8 Å². The van der Waals surface area contributed by atoms with E-state index in [0.717, 1.165) is 52.6 Å². The number of pyridine rings is 1. The molecule has 0 fully saturated rings. The van der Waals surface area contributed by atoms with Gasteiger partial charge in [0.1, 0.15) is 5.15 Å². The summed E-state index contributed by atoms with van der Waals surface area (Å²) in [6.07, 6.45) is 2.63. The highest BCUT2D eigenvalue weighted by Crippen LogP contribution is 2.40. The van der Waals surface area contributed by atoms with Crippen LogP contribution >= 0.6 is 51.5 Å². The smallest absolute Gasteiger partial charge is 0.231 e. The Kier molecular flexibility index (Phi) is 8.91. The molecule has 0 atom stereocenters. The van der Waals surface area contributed by atoms with E-state index in [4.69, 9.17) is 21.1 Å². The molecule has 0 aliphatic carbocycles. The van der Waals surface area contributed by atoms with E-state index in [1.165, 1.54) is 0 Å². The van der Waals surface area contributed by atoms with Gasteiger partial charge in [-0.25, -0.2) is 9.98 Å². The number of aliphatic imine (C=N–C) groups is 1. The Balaban J connectivity index is 0.00000261. The van der Waals surface area contributed by atoms with Gasteiger partial charge in [0.2, 0.25) is 6.79 Å². The molecule has 2 heterocycles. The molecular formula is C18H21BrClIN4O2. The fourth-order valence-electron chi connectivity index (χ4n) is 2.50. The van der Waals surface area contributed by atoms with E-state index in [1.807, 2.05) is 25.1 Å². The first kappa shape index (κ1) is 22.0. The lowest BCUT2D eigenvalue weighted by molar-refractivity contribution is 0.173. The molecule has 0 unspecified atom stereocenters. The van der Waals surface area contributed by atoms with Crippen LogP contribution in [0.2, 0.25) is 5.15 Å². The molecular weight excluding hydrogens is 546 g/mol. The van der Waals surface area contributed by atoms with Gasteiger partial charge in [-0.15, -0.1) is 24.0 Å². The van der Waals surface area contributed by atoms with Crippen molar-refractivity contribution >= 4 is 57.5 Å². The van der Waals surface area contributed by atoms with Gasteiger partial charge in [-0.3, -0.25) is 0 Å². The van der Waals surface area contributed by atoms with Gasteiger partial charge in [0.05, 0.1) is 11.0 Å². The summed E-state index contributed by atoms with van der Waals surface area (Å²) in [7, 11) is 0. The lowest BCUT2D eigenvalue weighted by Gasteiger charge is -2.11. The molecule has 146 valence electrons. The minimum Gasteiger partial charge on any atom is -0.454 e. The van der Waals surface area contributed by atoms with Crippen LogP contribution in [0.1, 0.15) is 18.1 Å². The van der Waals surface area contributed by atoms with Crippen LogP contribution in [0.4, 0.5) is 0 Å². The van der Waals surface area contributed by atoms with Gasteiger partial charge in [0.25, 0.3) is 0 Å². The predicted molar refractivity (Wildman–Crippen MR) is 121 cm³/mol. The van der Waals surface area contributed by atoms with Crippen LogP contribution < -0.4 is 20.1 Å². The van der Waals surface area contributed by atoms with E-state index < -0.39 is 0 Å². The highest BCUT2D eigenvalue weighted by molar-refractivity contribution is 14.0. The Morgan fingerprint density at radius 2 is 2.11 bits per heavy atom. The number of halogens is 3. The summed E-state index contributed by atoms with van der Waals surface area (Å²) in [6.45, 7) is 4.37. The highest BCUT2D eigenvalue weighted by Gasteiger charge is 2.17. The number of fused-ring (bicyclic) bond motifs is 1. The van der Waals surface area contributed by atoms with E-state index in [-0.39, 0.29) is 30.8 Å². The number of hydrogen-bond acceptors (Lipinski definition) is 4. The molecule has 6 nitrogen and oxygen atoms in total. The minimum absolute atomic E-state index is 0. The van der Waals surface area contributed by atoms with Crippen LogP contribution in [0.3, 0.4) is 0 Å². The summed E-state index contributed by atoms with van der Waals surface area (Å²) < 4.78 is 11.7. The molecule has 9 heteroatoms. The number of ether oxygens (including phenoxy) is 2. The molecule has 27 heavy (non-hydrogen) atoms. The fourth-order valence-corrected chi connectivity index (χ4v) is 3.22. The molecule has 0 radical (unpaired) electrons. The molecule has 2 aromatic rings. The van der Waals surface area contributed by atoms with Crippen molar-refractivity contribution in [2.45, 2.75) is 19.9 Å². The van der Waals surface area contributed by atoms with Crippen molar-refractivity contribution in [1.29, 1.82) is 0 Å². The van der Waals surface area contributed by atoms with Crippen molar-refractivity contribution < 1.29 is 9.47 Å². The predicted octanol–water partition coefficient (Wildman–Crippen LogP) is 4.14. The monoisotopic (exact) mass is 566 g/mol. The second kappa shape index (κ2) is 10.9. The molecule has 1 aliphatic rings. The van der Waals surface area contributed by atoms with Gasteiger partial charge in [-0.2, -0.15) is 0 Å². The minimum atomic E-state index is 0. The van der Waals surface area contributed by atoms with Gasteiger partial charge in [-0.1, -0.05) is 17.7 Å². The summed E-state index contributed by atoms with van der Waals surface area (Å²) in [6, 6.07) is 7.73. The first-order chi connectivity index (χ1) is 12.7. The summed E-state index contributed by atoms with van der Waals surface area (Å²) in [5.41, 5.74) is 2.16. The van der Waals surface area contributed by atoms with Crippen molar-refractivity contribution in [3.8, 4) is 11.5 Å². The van der Waals surface area contributed by atoms with Crippen molar-refractivity contribution in [2.24, 2.45) is 4.99 Å². The van der Waals surface area contributed by atoms with Crippen LogP contribution in [0.25, 0.3) is 0 Å². The standard InChI is InChI=1S/C18H20BrClN4O2.HI/c1-2-21-18(22-6-5-12-3-4-16(20)23-9-12)24-10-13-7-14(19)17-15(8-13)25-11-26-17;/h3-4,7-9H,2,5-6,10-11H2,1H3,(H2,21,22,24);1H. The lowest BCUT2D eigenvalue weighted by Crippen LogP contribution is -2.38. The van der Waals surface area contributed by atoms with Crippen molar-refractivity contribution in [1.82, 2.24) is 15.6 Å². The summed E-state index contributed by atoms with van der Waals surface area (Å²) >= 11 is 9.32. The Labute approximate surface area is 189 Å². The zero-order valence-corrected chi connectivity index (χ0v) is 19.5. The Morgan fingerprint density at radius 3 is 2.85 bits per heavy atom. The third kappa shape index (κ3) is 6.39. The van der Waals surface area contributed by atoms with Gasteiger partial charge < -0.3 is 20.1 Å². The largest absolute Gasteiger partial charge is 0.454 e. The van der Waals surface area contributed by atoms with E-state index in [2.05, 4.69) is 36.5 Å². The van der Waals surface area contributed by atoms with Crippen LogP contribution in [-0.2, 0) is 13.0 Å². The number of nitrogens with one attached hydrogen (secondary N) is 2. The molecule has 0 spiro atoms. The number of rotatable bonds is 6. The SMILES string of the molecule is CCNC(=NCc1cc(Br)c2c(c1)OCO2)NCCc1ccc(Cl)nc1.I.